The molecule has 3 aromatic rings. The number of aliphatic hydroxyl groups excluding tert-OH is 1. The van der Waals surface area contributed by atoms with Crippen molar-refractivity contribution in [3.63, 3.8) is 0 Å². The molecule has 4 aliphatic rings. The number of rotatable bonds is 10. The number of fused-ring (bicyclic) bond motifs is 2. The number of β-amino-alcohol motifs (C(OH)–C–C–N with tert-alkyl or cyclic N) is 1. The van der Waals surface area contributed by atoms with Crippen LogP contribution < -0.4 is 19.9 Å². The number of ether oxygens (including phenoxy) is 1. The number of hydrogen-bond donors (Lipinski definition) is 2. The lowest BCUT2D eigenvalue weighted by Crippen LogP contribution is -2.52. The number of hydrogen-bond acceptors (Lipinski definition) is 9. The first-order chi connectivity index (χ1) is 25.0. The summed E-state index contributed by atoms with van der Waals surface area (Å²) < 4.78 is 36.4. The molecule has 2 aliphatic carbocycles. The molecule has 1 aromatic carbocycles. The summed E-state index contributed by atoms with van der Waals surface area (Å²) in [4.78, 5) is 32.7. The van der Waals surface area contributed by atoms with E-state index in [1.165, 1.54) is 12.1 Å². The maximum absolute atomic E-state index is 15.0. The second kappa shape index (κ2) is 14.3. The number of terminal acetylenes is 1. The van der Waals surface area contributed by atoms with Crippen molar-refractivity contribution in [2.45, 2.75) is 94.1 Å². The van der Waals surface area contributed by atoms with Crippen LogP contribution in [0.3, 0.4) is 0 Å². The summed E-state index contributed by atoms with van der Waals surface area (Å²) in [5.41, 5.74) is 3.23. The van der Waals surface area contributed by atoms with Crippen molar-refractivity contribution in [2.24, 2.45) is 0 Å². The van der Waals surface area contributed by atoms with E-state index in [4.69, 9.17) is 21.1 Å². The molecular weight excluding hydrogens is 664 g/mol. The van der Waals surface area contributed by atoms with Crippen LogP contribution in [0.4, 0.5) is 26.0 Å². The Morgan fingerprint density at radius 1 is 1.21 bits per heavy atom. The van der Waals surface area contributed by atoms with E-state index < -0.39 is 29.2 Å². The Balaban J connectivity index is 1.21. The summed E-state index contributed by atoms with van der Waals surface area (Å²) in [5.74, 6) is 2.62. The highest BCUT2D eigenvalue weighted by atomic mass is 19.1. The van der Waals surface area contributed by atoms with E-state index >= 15 is 4.39 Å². The van der Waals surface area contributed by atoms with E-state index in [2.05, 4.69) is 27.7 Å². The number of carbonyl (C=O) groups is 1. The lowest BCUT2D eigenvalue weighted by atomic mass is 9.87. The number of pyridine rings is 1. The maximum Gasteiger partial charge on any atom is 0.318 e. The Kier molecular flexibility index (Phi) is 9.83. The van der Waals surface area contributed by atoms with Gasteiger partial charge >= 0.3 is 6.01 Å². The predicted molar refractivity (Wildman–Crippen MR) is 197 cm³/mol. The summed E-state index contributed by atoms with van der Waals surface area (Å²) in [7, 11) is 1.83. The van der Waals surface area contributed by atoms with Gasteiger partial charge in [-0.3, -0.25) is 9.78 Å². The monoisotopic (exact) mass is 711 g/mol. The van der Waals surface area contributed by atoms with Crippen LogP contribution in [0, 0.1) is 18.2 Å². The molecule has 4 heterocycles. The molecule has 52 heavy (non-hydrogen) atoms. The van der Waals surface area contributed by atoms with Gasteiger partial charge in [-0.15, -0.1) is 6.42 Å². The third kappa shape index (κ3) is 6.67. The SMILES string of the molecule is C#Cc1c(F)ccc2c1N([C@H]1CCc3c(nc(OC[C@]4(C)C[C@@H](F)CN4c4ccncc4)nc3NCC3(N(C)C(=O)C=C)CCCC3)C1)C[C@@H](O)C2. The lowest BCUT2D eigenvalue weighted by Gasteiger charge is -2.42. The number of halogens is 2. The molecule has 0 spiro atoms. The number of nitrogens with zero attached hydrogens (tertiary/aromatic N) is 6. The van der Waals surface area contributed by atoms with Gasteiger partial charge in [0.1, 0.15) is 24.4 Å². The molecule has 2 aliphatic heterocycles. The number of alkyl halides is 1. The third-order valence-corrected chi connectivity index (χ3v) is 11.7. The zero-order chi connectivity index (χ0) is 36.6. The lowest BCUT2D eigenvalue weighted by molar-refractivity contribution is -0.129. The Hall–Kier alpha value is -4.76. The van der Waals surface area contributed by atoms with Crippen molar-refractivity contribution in [2.75, 3.05) is 48.4 Å². The minimum atomic E-state index is -1.03. The molecule has 2 aromatic heterocycles. The molecule has 0 unspecified atom stereocenters. The number of likely N-dealkylation sites (N-methyl/N-ethyl adjacent to an activating group) is 1. The van der Waals surface area contributed by atoms with Gasteiger partial charge in [0.15, 0.2) is 0 Å². The van der Waals surface area contributed by atoms with Gasteiger partial charge in [0, 0.05) is 75.6 Å². The summed E-state index contributed by atoms with van der Waals surface area (Å²) in [6, 6.07) is 6.87. The van der Waals surface area contributed by atoms with Crippen molar-refractivity contribution in [3.8, 4) is 18.4 Å². The molecule has 0 bridgehead atoms. The smallest absolute Gasteiger partial charge is 0.318 e. The van der Waals surface area contributed by atoms with Crippen molar-refractivity contribution in [3.05, 3.63) is 77.5 Å². The molecule has 2 fully saturated rings. The topological polar surface area (TPSA) is 107 Å². The highest BCUT2D eigenvalue weighted by molar-refractivity contribution is 5.87. The number of aromatic nitrogens is 3. The van der Waals surface area contributed by atoms with Crippen LogP contribution in [0.15, 0.2) is 49.3 Å². The first-order valence-corrected chi connectivity index (χ1v) is 18.3. The summed E-state index contributed by atoms with van der Waals surface area (Å²) in [5, 5.41) is 14.5. The van der Waals surface area contributed by atoms with Gasteiger partial charge in [0.05, 0.1) is 34.1 Å². The van der Waals surface area contributed by atoms with E-state index in [-0.39, 0.29) is 43.1 Å². The van der Waals surface area contributed by atoms with E-state index in [1.54, 1.807) is 23.4 Å². The van der Waals surface area contributed by atoms with Crippen LogP contribution in [0.5, 0.6) is 6.01 Å². The molecule has 1 amide bonds. The molecule has 2 N–H and O–H groups in total. The summed E-state index contributed by atoms with van der Waals surface area (Å²) >= 11 is 0. The Labute approximate surface area is 304 Å². The minimum absolute atomic E-state index is 0.120. The quantitative estimate of drug-likeness (QED) is 0.221. The fourth-order valence-electron chi connectivity index (χ4n) is 8.91. The van der Waals surface area contributed by atoms with Gasteiger partial charge in [-0.05, 0) is 62.4 Å². The van der Waals surface area contributed by atoms with Crippen LogP contribution in [0.1, 0.15) is 67.8 Å². The molecule has 10 nitrogen and oxygen atoms in total. The Morgan fingerprint density at radius 3 is 2.71 bits per heavy atom. The molecule has 1 saturated carbocycles. The van der Waals surface area contributed by atoms with Crippen LogP contribution in [-0.4, -0.2) is 93.5 Å². The van der Waals surface area contributed by atoms with Gasteiger partial charge in [-0.2, -0.15) is 9.97 Å². The number of anilines is 3. The molecule has 12 heteroatoms. The van der Waals surface area contributed by atoms with Gasteiger partial charge in [-0.25, -0.2) is 8.78 Å². The first-order valence-electron chi connectivity index (χ1n) is 18.3. The third-order valence-electron chi connectivity index (χ3n) is 11.7. The number of nitrogens with one attached hydrogen (secondary N) is 1. The Morgan fingerprint density at radius 2 is 1.98 bits per heavy atom. The van der Waals surface area contributed by atoms with Gasteiger partial charge in [0.25, 0.3) is 0 Å². The van der Waals surface area contributed by atoms with E-state index in [0.717, 1.165) is 48.2 Å². The minimum Gasteiger partial charge on any atom is -0.461 e. The fourth-order valence-corrected chi connectivity index (χ4v) is 8.91. The standard InChI is InChI=1S/C40H47F2N7O3/c1-5-31-33(42)12-9-26-19-30(50)23-48(36(26)31)29-10-11-32-34(20-29)45-38(46-37(32)44-24-40(15-7-8-16-40)47(4)35(51)6-2)52-25-39(3)21-27(41)22-49(39)28-13-17-43-18-14-28/h1,6,9,12-14,17-18,27,29-30,50H,2,7-8,10-11,15-16,19-25H2,3-4H3,(H,44,45,46)/t27-,29+,30+,39+/m1/s1. The second-order valence-electron chi connectivity index (χ2n) is 15.1. The zero-order valence-electron chi connectivity index (χ0n) is 30.0. The van der Waals surface area contributed by atoms with E-state index in [9.17, 15) is 14.3 Å². The molecule has 1 saturated heterocycles. The van der Waals surface area contributed by atoms with Gasteiger partial charge in [0.2, 0.25) is 5.91 Å². The first kappa shape index (κ1) is 35.6. The number of carbonyl (C=O) groups excluding carboxylic acids is 1. The average Bonchev–Trinajstić information content (AvgIpc) is 3.76. The van der Waals surface area contributed by atoms with Crippen molar-refractivity contribution in [1.82, 2.24) is 19.9 Å². The number of aliphatic hydroxyl groups is 1. The second-order valence-corrected chi connectivity index (χ2v) is 15.1. The van der Waals surface area contributed by atoms with Gasteiger partial charge < -0.3 is 29.9 Å². The molecule has 274 valence electrons. The highest BCUT2D eigenvalue weighted by Crippen LogP contribution is 2.40. The fraction of sp³-hybridized carbons (Fsp3) is 0.500. The Bertz CT molecular complexity index is 1860. The highest BCUT2D eigenvalue weighted by Gasteiger charge is 2.44. The molecular formula is C40H47F2N7O3. The molecule has 7 rings (SSSR count). The zero-order valence-corrected chi connectivity index (χ0v) is 30.0. The largest absolute Gasteiger partial charge is 0.461 e. The van der Waals surface area contributed by atoms with Crippen LogP contribution in [0.25, 0.3) is 0 Å². The number of benzene rings is 1. The van der Waals surface area contributed by atoms with Gasteiger partial charge in [-0.1, -0.05) is 31.4 Å². The predicted octanol–water partition coefficient (Wildman–Crippen LogP) is 5.03. The van der Waals surface area contributed by atoms with Crippen LogP contribution >= 0.6 is 0 Å². The summed E-state index contributed by atoms with van der Waals surface area (Å²) in [6.07, 6.45) is 15.2. The van der Waals surface area contributed by atoms with E-state index in [0.29, 0.717) is 50.3 Å². The van der Waals surface area contributed by atoms with Crippen LogP contribution in [-0.2, 0) is 24.1 Å². The normalized spacial score (nSPS) is 24.8. The van der Waals surface area contributed by atoms with Crippen molar-refractivity contribution < 1.29 is 23.4 Å². The number of amides is 1. The van der Waals surface area contributed by atoms with E-state index in [1.807, 2.05) is 31.0 Å². The molecule has 4 atom stereocenters. The molecule has 0 radical (unpaired) electrons. The van der Waals surface area contributed by atoms with Crippen LogP contribution in [0.2, 0.25) is 0 Å². The maximum atomic E-state index is 15.0. The summed E-state index contributed by atoms with van der Waals surface area (Å²) in [6.45, 7) is 6.90. The average molecular weight is 712 g/mol. The van der Waals surface area contributed by atoms with Crippen molar-refractivity contribution in [1.29, 1.82) is 0 Å². The van der Waals surface area contributed by atoms with Crippen molar-refractivity contribution >= 4 is 23.1 Å².